The SMILES string of the molecule is CCc1ccc(C(CC)Nc2c(C)nn(C)c2C)cc1. The number of nitrogens with zero attached hydrogens (tertiary/aromatic N) is 2. The molecule has 0 bridgehead atoms. The van der Waals surface area contributed by atoms with E-state index in [0.29, 0.717) is 6.04 Å². The van der Waals surface area contributed by atoms with Crippen LogP contribution in [0.25, 0.3) is 0 Å². The van der Waals surface area contributed by atoms with Crippen LogP contribution in [-0.2, 0) is 13.5 Å². The lowest BCUT2D eigenvalue weighted by Gasteiger charge is -2.19. The van der Waals surface area contributed by atoms with Gasteiger partial charge in [-0.2, -0.15) is 5.10 Å². The molecule has 0 saturated carbocycles. The maximum Gasteiger partial charge on any atom is 0.0828 e. The van der Waals surface area contributed by atoms with E-state index in [4.69, 9.17) is 0 Å². The molecule has 0 aliphatic carbocycles. The summed E-state index contributed by atoms with van der Waals surface area (Å²) in [6.07, 6.45) is 2.14. The minimum absolute atomic E-state index is 0.336. The maximum absolute atomic E-state index is 4.47. The van der Waals surface area contributed by atoms with E-state index < -0.39 is 0 Å². The van der Waals surface area contributed by atoms with Crippen LogP contribution < -0.4 is 5.32 Å². The molecule has 0 aliphatic heterocycles. The first-order valence-corrected chi connectivity index (χ1v) is 7.42. The lowest BCUT2D eigenvalue weighted by Crippen LogP contribution is -2.11. The molecule has 0 spiro atoms. The van der Waals surface area contributed by atoms with Gasteiger partial charge in [0.25, 0.3) is 0 Å². The number of nitrogens with one attached hydrogen (secondary N) is 1. The summed E-state index contributed by atoms with van der Waals surface area (Å²) in [4.78, 5) is 0. The molecule has 1 aromatic heterocycles. The van der Waals surface area contributed by atoms with E-state index in [1.165, 1.54) is 22.5 Å². The average molecular weight is 271 g/mol. The molecule has 0 aliphatic rings. The van der Waals surface area contributed by atoms with Gasteiger partial charge < -0.3 is 5.32 Å². The van der Waals surface area contributed by atoms with Crippen LogP contribution in [-0.4, -0.2) is 9.78 Å². The first-order valence-electron chi connectivity index (χ1n) is 7.42. The van der Waals surface area contributed by atoms with Crippen molar-refractivity contribution in [3.63, 3.8) is 0 Å². The van der Waals surface area contributed by atoms with Gasteiger partial charge in [-0.15, -0.1) is 0 Å². The Balaban J connectivity index is 2.23. The highest BCUT2D eigenvalue weighted by Gasteiger charge is 2.15. The van der Waals surface area contributed by atoms with Crippen molar-refractivity contribution in [2.45, 2.75) is 46.6 Å². The zero-order valence-corrected chi connectivity index (χ0v) is 13.2. The third-order valence-electron chi connectivity index (χ3n) is 4.03. The van der Waals surface area contributed by atoms with Crippen LogP contribution in [0.4, 0.5) is 5.69 Å². The monoisotopic (exact) mass is 271 g/mol. The molecule has 3 heteroatoms. The molecule has 1 unspecified atom stereocenters. The van der Waals surface area contributed by atoms with Crippen molar-refractivity contribution in [2.24, 2.45) is 7.05 Å². The summed E-state index contributed by atoms with van der Waals surface area (Å²) in [6, 6.07) is 9.26. The van der Waals surface area contributed by atoms with Crippen LogP contribution in [0.15, 0.2) is 24.3 Å². The average Bonchev–Trinajstić information content (AvgIpc) is 2.70. The number of rotatable bonds is 5. The fourth-order valence-corrected chi connectivity index (χ4v) is 2.56. The highest BCUT2D eigenvalue weighted by Crippen LogP contribution is 2.27. The molecule has 20 heavy (non-hydrogen) atoms. The minimum Gasteiger partial charge on any atom is -0.375 e. The van der Waals surface area contributed by atoms with E-state index in [0.717, 1.165) is 18.5 Å². The molecule has 1 N–H and O–H groups in total. The first kappa shape index (κ1) is 14.6. The molecule has 0 saturated heterocycles. The van der Waals surface area contributed by atoms with Crippen molar-refractivity contribution in [3.8, 4) is 0 Å². The summed E-state index contributed by atoms with van der Waals surface area (Å²) in [6.45, 7) is 8.57. The molecule has 1 heterocycles. The smallest absolute Gasteiger partial charge is 0.0828 e. The quantitative estimate of drug-likeness (QED) is 0.884. The lowest BCUT2D eigenvalue weighted by atomic mass is 10.0. The van der Waals surface area contributed by atoms with E-state index in [1.807, 2.05) is 11.7 Å². The summed E-state index contributed by atoms with van der Waals surface area (Å²) in [5, 5.41) is 8.13. The third kappa shape index (κ3) is 2.87. The number of hydrogen-bond acceptors (Lipinski definition) is 2. The fourth-order valence-electron chi connectivity index (χ4n) is 2.56. The van der Waals surface area contributed by atoms with E-state index in [-0.39, 0.29) is 0 Å². The Labute approximate surface area is 122 Å². The molecular formula is C17H25N3. The molecule has 3 nitrogen and oxygen atoms in total. The molecule has 2 aromatic rings. The Morgan fingerprint density at radius 1 is 1.15 bits per heavy atom. The summed E-state index contributed by atoms with van der Waals surface area (Å²) >= 11 is 0. The zero-order valence-electron chi connectivity index (χ0n) is 13.2. The van der Waals surface area contributed by atoms with E-state index in [9.17, 15) is 0 Å². The van der Waals surface area contributed by atoms with Crippen LogP contribution in [0.1, 0.15) is 48.8 Å². The van der Waals surface area contributed by atoms with Gasteiger partial charge in [-0.3, -0.25) is 4.68 Å². The molecule has 1 atom stereocenters. The maximum atomic E-state index is 4.47. The molecule has 2 rings (SSSR count). The van der Waals surface area contributed by atoms with E-state index >= 15 is 0 Å². The Morgan fingerprint density at radius 3 is 2.25 bits per heavy atom. The Hall–Kier alpha value is -1.77. The van der Waals surface area contributed by atoms with Gasteiger partial charge in [-0.05, 0) is 37.8 Å². The van der Waals surface area contributed by atoms with Gasteiger partial charge in [-0.25, -0.2) is 0 Å². The topological polar surface area (TPSA) is 29.9 Å². The highest BCUT2D eigenvalue weighted by atomic mass is 15.3. The number of aryl methyl sites for hydroxylation is 3. The van der Waals surface area contributed by atoms with Crippen molar-refractivity contribution in [1.82, 2.24) is 9.78 Å². The molecule has 0 fully saturated rings. The van der Waals surface area contributed by atoms with Gasteiger partial charge in [0.2, 0.25) is 0 Å². The van der Waals surface area contributed by atoms with Gasteiger partial charge in [0, 0.05) is 7.05 Å². The Bertz CT molecular complexity index is 567. The standard InChI is InChI=1S/C17H25N3/c1-6-14-8-10-15(11-9-14)16(7-2)18-17-12(3)19-20(5)13(17)4/h8-11,16,18H,6-7H2,1-5H3. The summed E-state index contributed by atoms with van der Waals surface area (Å²) in [5.74, 6) is 0. The molecule has 0 radical (unpaired) electrons. The Morgan fingerprint density at radius 2 is 1.80 bits per heavy atom. The van der Waals surface area contributed by atoms with Crippen LogP contribution in [0, 0.1) is 13.8 Å². The third-order valence-corrected chi connectivity index (χ3v) is 4.03. The number of benzene rings is 1. The van der Waals surface area contributed by atoms with Crippen LogP contribution >= 0.6 is 0 Å². The van der Waals surface area contributed by atoms with Crippen molar-refractivity contribution in [1.29, 1.82) is 0 Å². The second kappa shape index (κ2) is 6.12. The fraction of sp³-hybridized carbons (Fsp3) is 0.471. The van der Waals surface area contributed by atoms with Gasteiger partial charge in [0.15, 0.2) is 0 Å². The predicted octanol–water partition coefficient (Wildman–Crippen LogP) is 4.16. The second-order valence-corrected chi connectivity index (χ2v) is 5.37. The van der Waals surface area contributed by atoms with Gasteiger partial charge in [0.1, 0.15) is 0 Å². The zero-order chi connectivity index (χ0) is 14.7. The normalized spacial score (nSPS) is 12.4. The summed E-state index contributed by atoms with van der Waals surface area (Å²) < 4.78 is 1.94. The van der Waals surface area contributed by atoms with Gasteiger partial charge in [-0.1, -0.05) is 38.1 Å². The molecule has 108 valence electrons. The number of hydrogen-bond donors (Lipinski definition) is 1. The van der Waals surface area contributed by atoms with Crippen LogP contribution in [0.3, 0.4) is 0 Å². The lowest BCUT2D eigenvalue weighted by molar-refractivity contribution is 0.728. The van der Waals surface area contributed by atoms with Crippen molar-refractivity contribution >= 4 is 5.69 Å². The number of aromatic nitrogens is 2. The molecule has 0 amide bonds. The van der Waals surface area contributed by atoms with E-state index in [2.05, 4.69) is 62.4 Å². The largest absolute Gasteiger partial charge is 0.375 e. The van der Waals surface area contributed by atoms with Gasteiger partial charge in [0.05, 0.1) is 23.1 Å². The molecule has 1 aromatic carbocycles. The Kier molecular flexibility index (Phi) is 4.48. The minimum atomic E-state index is 0.336. The predicted molar refractivity (Wildman–Crippen MR) is 85.2 cm³/mol. The van der Waals surface area contributed by atoms with Crippen molar-refractivity contribution in [3.05, 3.63) is 46.8 Å². The van der Waals surface area contributed by atoms with Crippen LogP contribution in [0.2, 0.25) is 0 Å². The first-order chi connectivity index (χ1) is 9.56. The highest BCUT2D eigenvalue weighted by molar-refractivity contribution is 5.53. The summed E-state index contributed by atoms with van der Waals surface area (Å²) in [7, 11) is 1.99. The van der Waals surface area contributed by atoms with E-state index in [1.54, 1.807) is 0 Å². The number of anilines is 1. The summed E-state index contributed by atoms with van der Waals surface area (Å²) in [5.41, 5.74) is 6.14. The van der Waals surface area contributed by atoms with Gasteiger partial charge >= 0.3 is 0 Å². The van der Waals surface area contributed by atoms with Crippen molar-refractivity contribution < 1.29 is 0 Å². The second-order valence-electron chi connectivity index (χ2n) is 5.37. The molecular weight excluding hydrogens is 246 g/mol. The van der Waals surface area contributed by atoms with Crippen molar-refractivity contribution in [2.75, 3.05) is 5.32 Å². The van der Waals surface area contributed by atoms with Crippen LogP contribution in [0.5, 0.6) is 0 Å².